The van der Waals surface area contributed by atoms with Gasteiger partial charge in [0.15, 0.2) is 0 Å². The second-order valence-electron chi connectivity index (χ2n) is 2.89. The van der Waals surface area contributed by atoms with Crippen LogP contribution in [0.1, 0.15) is 0 Å². The molecule has 0 spiro atoms. The van der Waals surface area contributed by atoms with E-state index in [1.807, 2.05) is 12.1 Å². The predicted octanol–water partition coefficient (Wildman–Crippen LogP) is 1.33. The van der Waals surface area contributed by atoms with Gasteiger partial charge in [0.2, 0.25) is 0 Å². The van der Waals surface area contributed by atoms with E-state index >= 15 is 0 Å². The van der Waals surface area contributed by atoms with E-state index in [1.54, 1.807) is 12.1 Å². The van der Waals surface area contributed by atoms with Crippen LogP contribution in [0.15, 0.2) is 28.7 Å². The quantitative estimate of drug-likeness (QED) is 0.841. The van der Waals surface area contributed by atoms with Crippen molar-refractivity contribution in [1.29, 1.82) is 0 Å². The van der Waals surface area contributed by atoms with E-state index in [0.717, 1.165) is 4.47 Å². The molecule has 1 aromatic carbocycles. The predicted molar refractivity (Wildman–Crippen MR) is 59.6 cm³/mol. The lowest BCUT2D eigenvalue weighted by atomic mass is 10.3. The Kier molecular flexibility index (Phi) is 4.58. The molecule has 0 fully saturated rings. The summed E-state index contributed by atoms with van der Waals surface area (Å²) >= 11 is 3.31. The first kappa shape index (κ1) is 12.0. The molecule has 0 saturated carbocycles. The Morgan fingerprint density at radius 1 is 1.47 bits per heavy atom. The minimum atomic E-state index is -0.751. The van der Waals surface area contributed by atoms with Crippen molar-refractivity contribution in [2.24, 2.45) is 5.73 Å². The smallest absolute Gasteiger partial charge is 0.326 e. The van der Waals surface area contributed by atoms with Crippen molar-refractivity contribution in [3.05, 3.63) is 28.7 Å². The van der Waals surface area contributed by atoms with E-state index < -0.39 is 12.0 Å². The van der Waals surface area contributed by atoms with Gasteiger partial charge in [-0.15, -0.1) is 0 Å². The third-order valence-electron chi connectivity index (χ3n) is 1.75. The minimum absolute atomic E-state index is 0.105. The first-order chi connectivity index (χ1) is 7.13. The summed E-state index contributed by atoms with van der Waals surface area (Å²) in [5, 5.41) is 0. The largest absolute Gasteiger partial charge is 0.491 e. The van der Waals surface area contributed by atoms with Gasteiger partial charge in [-0.25, -0.2) is 0 Å². The van der Waals surface area contributed by atoms with Gasteiger partial charge in [-0.3, -0.25) is 4.79 Å². The fourth-order valence-corrected chi connectivity index (χ4v) is 1.20. The molecule has 1 aromatic rings. The highest BCUT2D eigenvalue weighted by Gasteiger charge is 2.13. The van der Waals surface area contributed by atoms with E-state index in [2.05, 4.69) is 20.7 Å². The number of hydrogen-bond donors (Lipinski definition) is 1. The van der Waals surface area contributed by atoms with Gasteiger partial charge in [0, 0.05) is 4.47 Å². The van der Waals surface area contributed by atoms with Crippen LogP contribution in [0.25, 0.3) is 0 Å². The SMILES string of the molecule is COC(=O)[C@H](N)COc1ccc(Br)cc1. The van der Waals surface area contributed by atoms with Gasteiger partial charge >= 0.3 is 5.97 Å². The lowest BCUT2D eigenvalue weighted by molar-refractivity contribution is -0.142. The molecule has 0 aliphatic rings. The first-order valence-electron chi connectivity index (χ1n) is 4.35. The van der Waals surface area contributed by atoms with Gasteiger partial charge < -0.3 is 15.2 Å². The lowest BCUT2D eigenvalue weighted by Crippen LogP contribution is -2.37. The average molecular weight is 274 g/mol. The highest BCUT2D eigenvalue weighted by atomic mass is 79.9. The van der Waals surface area contributed by atoms with Crippen molar-refractivity contribution in [3.63, 3.8) is 0 Å². The molecule has 2 N–H and O–H groups in total. The van der Waals surface area contributed by atoms with Crippen molar-refractivity contribution in [3.8, 4) is 5.75 Å². The number of esters is 1. The van der Waals surface area contributed by atoms with Crippen LogP contribution in [0.3, 0.4) is 0 Å². The molecule has 1 rings (SSSR count). The normalized spacial score (nSPS) is 11.9. The van der Waals surface area contributed by atoms with E-state index in [0.29, 0.717) is 5.75 Å². The van der Waals surface area contributed by atoms with Gasteiger partial charge in [-0.1, -0.05) is 15.9 Å². The summed E-state index contributed by atoms with van der Waals surface area (Å²) in [6.07, 6.45) is 0. The highest BCUT2D eigenvalue weighted by Crippen LogP contribution is 2.16. The number of carbonyl (C=O) groups excluding carboxylic acids is 1. The molecule has 0 unspecified atom stereocenters. The Hall–Kier alpha value is -1.07. The molecule has 0 aliphatic carbocycles. The summed E-state index contributed by atoms with van der Waals surface area (Å²) in [4.78, 5) is 11.0. The summed E-state index contributed by atoms with van der Waals surface area (Å²) in [6, 6.07) is 6.51. The zero-order valence-corrected chi connectivity index (χ0v) is 9.86. The fraction of sp³-hybridized carbons (Fsp3) is 0.300. The van der Waals surface area contributed by atoms with Crippen molar-refractivity contribution < 1.29 is 14.3 Å². The standard InChI is InChI=1S/C10H12BrNO3/c1-14-10(13)9(12)6-15-8-4-2-7(11)3-5-8/h2-5,9H,6,12H2,1H3/t9-/m1/s1. The number of ether oxygens (including phenoxy) is 2. The van der Waals surface area contributed by atoms with Crippen molar-refractivity contribution in [1.82, 2.24) is 0 Å². The van der Waals surface area contributed by atoms with Crippen molar-refractivity contribution in [2.75, 3.05) is 13.7 Å². The van der Waals surface area contributed by atoms with Crippen molar-refractivity contribution in [2.45, 2.75) is 6.04 Å². The van der Waals surface area contributed by atoms with Crippen LogP contribution >= 0.6 is 15.9 Å². The van der Waals surface area contributed by atoms with Gasteiger partial charge in [0.1, 0.15) is 18.4 Å². The van der Waals surface area contributed by atoms with Crippen LogP contribution in [0, 0.1) is 0 Å². The number of halogens is 1. The van der Waals surface area contributed by atoms with Crippen LogP contribution in [0.2, 0.25) is 0 Å². The van der Waals surface area contributed by atoms with Crippen molar-refractivity contribution >= 4 is 21.9 Å². The molecule has 0 bridgehead atoms. The third kappa shape index (κ3) is 3.89. The number of carbonyl (C=O) groups is 1. The van der Waals surface area contributed by atoms with Gasteiger partial charge in [0.05, 0.1) is 7.11 Å². The van der Waals surface area contributed by atoms with Crippen LogP contribution in [-0.4, -0.2) is 25.7 Å². The molecule has 15 heavy (non-hydrogen) atoms. The molecule has 0 heterocycles. The molecule has 5 heteroatoms. The molecule has 82 valence electrons. The van der Waals surface area contributed by atoms with E-state index in [1.165, 1.54) is 7.11 Å². The molecular formula is C10H12BrNO3. The molecule has 4 nitrogen and oxygen atoms in total. The second kappa shape index (κ2) is 5.72. The first-order valence-corrected chi connectivity index (χ1v) is 5.14. The Balaban J connectivity index is 2.43. The van der Waals surface area contributed by atoms with Crippen LogP contribution < -0.4 is 10.5 Å². The Bertz CT molecular complexity index is 326. The summed E-state index contributed by atoms with van der Waals surface area (Å²) in [5.74, 6) is 0.185. The zero-order chi connectivity index (χ0) is 11.3. The van der Waals surface area contributed by atoms with Gasteiger partial charge in [-0.05, 0) is 24.3 Å². The fourth-order valence-electron chi connectivity index (χ4n) is 0.936. The molecule has 0 radical (unpaired) electrons. The van der Waals surface area contributed by atoms with Gasteiger partial charge in [0.25, 0.3) is 0 Å². The maximum atomic E-state index is 11.0. The topological polar surface area (TPSA) is 61.5 Å². The van der Waals surface area contributed by atoms with Crippen LogP contribution in [-0.2, 0) is 9.53 Å². The maximum absolute atomic E-state index is 11.0. The summed E-state index contributed by atoms with van der Waals surface area (Å²) in [5.41, 5.74) is 5.50. The van der Waals surface area contributed by atoms with Crippen LogP contribution in [0.5, 0.6) is 5.75 Å². The number of nitrogens with two attached hydrogens (primary N) is 1. The van der Waals surface area contributed by atoms with Crippen LogP contribution in [0.4, 0.5) is 0 Å². The summed E-state index contributed by atoms with van der Waals surface area (Å²) in [6.45, 7) is 0.105. The molecule has 0 amide bonds. The number of hydrogen-bond acceptors (Lipinski definition) is 4. The lowest BCUT2D eigenvalue weighted by Gasteiger charge is -2.10. The number of benzene rings is 1. The Labute approximate surface area is 96.5 Å². The van der Waals surface area contributed by atoms with Gasteiger partial charge in [-0.2, -0.15) is 0 Å². The summed E-state index contributed by atoms with van der Waals surface area (Å²) < 4.78 is 10.7. The second-order valence-corrected chi connectivity index (χ2v) is 3.81. The zero-order valence-electron chi connectivity index (χ0n) is 8.27. The molecule has 0 saturated heterocycles. The van der Waals surface area contributed by atoms with E-state index in [9.17, 15) is 4.79 Å². The average Bonchev–Trinajstić information content (AvgIpc) is 2.26. The van der Waals surface area contributed by atoms with E-state index in [4.69, 9.17) is 10.5 Å². The Morgan fingerprint density at radius 3 is 2.60 bits per heavy atom. The molecule has 0 aliphatic heterocycles. The molecular weight excluding hydrogens is 262 g/mol. The highest BCUT2D eigenvalue weighted by molar-refractivity contribution is 9.10. The summed E-state index contributed by atoms with van der Waals surface area (Å²) in [7, 11) is 1.29. The Morgan fingerprint density at radius 2 is 2.07 bits per heavy atom. The number of methoxy groups -OCH3 is 1. The number of rotatable bonds is 4. The van der Waals surface area contributed by atoms with E-state index in [-0.39, 0.29) is 6.61 Å². The maximum Gasteiger partial charge on any atom is 0.326 e. The molecule has 1 atom stereocenters. The third-order valence-corrected chi connectivity index (χ3v) is 2.28. The monoisotopic (exact) mass is 273 g/mol. The molecule has 0 aromatic heterocycles. The minimum Gasteiger partial charge on any atom is -0.491 e.